The van der Waals surface area contributed by atoms with Gasteiger partial charge in [-0.05, 0) is 49.4 Å². The topological polar surface area (TPSA) is 24.9 Å². The van der Waals surface area contributed by atoms with Gasteiger partial charge in [0.1, 0.15) is 0 Å². The summed E-state index contributed by atoms with van der Waals surface area (Å²) in [7, 11) is 1.98. The molecular weight excluding hydrogens is 368 g/mol. The molecule has 0 aliphatic rings. The number of nitrogens with one attached hydrogen (secondary N) is 1. The molecule has 1 atom stereocenters. The van der Waals surface area contributed by atoms with Gasteiger partial charge in [0.05, 0.1) is 0 Å². The molecule has 0 saturated carbocycles. The number of likely N-dealkylation sites (N-methyl/N-ethyl adjacent to an activating group) is 1. The molecule has 0 bridgehead atoms. The number of rotatable bonds is 4. The first-order chi connectivity index (χ1) is 9.08. The molecule has 0 spiro atoms. The summed E-state index contributed by atoms with van der Waals surface area (Å²) < 4.78 is 2.16. The summed E-state index contributed by atoms with van der Waals surface area (Å²) in [6.07, 6.45) is 2.79. The van der Waals surface area contributed by atoms with Crippen molar-refractivity contribution >= 4 is 31.9 Å². The third-order valence-electron chi connectivity index (χ3n) is 3.02. The molecule has 0 aliphatic heterocycles. The van der Waals surface area contributed by atoms with Gasteiger partial charge in [-0.3, -0.25) is 4.98 Å². The highest BCUT2D eigenvalue weighted by Crippen LogP contribution is 2.25. The van der Waals surface area contributed by atoms with Crippen molar-refractivity contribution in [1.29, 1.82) is 0 Å². The van der Waals surface area contributed by atoms with Gasteiger partial charge >= 0.3 is 0 Å². The maximum atomic E-state index is 4.47. The molecule has 1 heterocycles. The summed E-state index contributed by atoms with van der Waals surface area (Å²) in [4.78, 5) is 4.47. The number of aryl methyl sites for hydroxylation is 1. The maximum absolute atomic E-state index is 4.47. The van der Waals surface area contributed by atoms with E-state index in [4.69, 9.17) is 0 Å². The van der Waals surface area contributed by atoms with Crippen LogP contribution in [0.1, 0.15) is 22.9 Å². The van der Waals surface area contributed by atoms with Crippen LogP contribution in [-0.2, 0) is 6.42 Å². The average molecular weight is 384 g/mol. The highest BCUT2D eigenvalue weighted by atomic mass is 79.9. The normalized spacial score (nSPS) is 12.4. The van der Waals surface area contributed by atoms with Crippen LogP contribution < -0.4 is 5.32 Å². The number of hydrogen-bond donors (Lipinski definition) is 1. The summed E-state index contributed by atoms with van der Waals surface area (Å²) >= 11 is 7.06. The summed E-state index contributed by atoms with van der Waals surface area (Å²) in [6.45, 7) is 2.05. The second-order valence-corrected chi connectivity index (χ2v) is 6.41. The van der Waals surface area contributed by atoms with E-state index in [9.17, 15) is 0 Å². The monoisotopic (exact) mass is 382 g/mol. The van der Waals surface area contributed by atoms with Crippen LogP contribution in [0.5, 0.6) is 0 Å². The first-order valence-electron chi connectivity index (χ1n) is 6.13. The number of hydrogen-bond acceptors (Lipinski definition) is 2. The smallest absolute Gasteiger partial charge is 0.0422 e. The Hall–Kier alpha value is -0.710. The van der Waals surface area contributed by atoms with Gasteiger partial charge in [0.15, 0.2) is 0 Å². The lowest BCUT2D eigenvalue weighted by atomic mass is 10.0. The second kappa shape index (κ2) is 6.64. The van der Waals surface area contributed by atoms with Gasteiger partial charge in [-0.25, -0.2) is 0 Å². The Morgan fingerprint density at radius 3 is 2.37 bits per heavy atom. The van der Waals surface area contributed by atoms with E-state index in [1.165, 1.54) is 11.1 Å². The minimum absolute atomic E-state index is 0.254. The third kappa shape index (κ3) is 4.13. The van der Waals surface area contributed by atoms with Crippen LogP contribution in [0.2, 0.25) is 0 Å². The minimum atomic E-state index is 0.254. The summed E-state index contributed by atoms with van der Waals surface area (Å²) in [5.41, 5.74) is 3.53. The quantitative estimate of drug-likeness (QED) is 0.845. The van der Waals surface area contributed by atoms with Crippen LogP contribution in [0.15, 0.2) is 45.5 Å². The van der Waals surface area contributed by atoms with Gasteiger partial charge in [-0.2, -0.15) is 0 Å². The van der Waals surface area contributed by atoms with E-state index in [0.717, 1.165) is 21.1 Å². The fourth-order valence-corrected chi connectivity index (χ4v) is 3.32. The minimum Gasteiger partial charge on any atom is -0.313 e. The highest BCUT2D eigenvalue weighted by molar-refractivity contribution is 9.11. The molecule has 19 heavy (non-hydrogen) atoms. The van der Waals surface area contributed by atoms with E-state index in [1.807, 2.05) is 19.3 Å². The van der Waals surface area contributed by atoms with Crippen LogP contribution in [0.25, 0.3) is 0 Å². The Morgan fingerprint density at radius 1 is 1.16 bits per heavy atom. The molecule has 4 heteroatoms. The van der Waals surface area contributed by atoms with Gasteiger partial charge in [-0.15, -0.1) is 0 Å². The van der Waals surface area contributed by atoms with Crippen molar-refractivity contribution in [2.24, 2.45) is 0 Å². The lowest BCUT2D eigenvalue weighted by Crippen LogP contribution is -2.19. The summed E-state index contributed by atoms with van der Waals surface area (Å²) in [5, 5.41) is 3.35. The van der Waals surface area contributed by atoms with E-state index in [1.54, 1.807) is 0 Å². The molecular formula is C15H16Br2N2. The number of nitrogens with zero attached hydrogens (tertiary/aromatic N) is 1. The van der Waals surface area contributed by atoms with Crippen molar-refractivity contribution in [3.63, 3.8) is 0 Å². The van der Waals surface area contributed by atoms with Crippen molar-refractivity contribution in [3.05, 3.63) is 62.3 Å². The number of halogens is 2. The van der Waals surface area contributed by atoms with Crippen molar-refractivity contribution in [1.82, 2.24) is 10.3 Å². The molecule has 0 amide bonds. The van der Waals surface area contributed by atoms with Gasteiger partial charge < -0.3 is 5.32 Å². The molecule has 1 aromatic carbocycles. The predicted molar refractivity (Wildman–Crippen MR) is 86.3 cm³/mol. The van der Waals surface area contributed by atoms with Gasteiger partial charge in [-0.1, -0.05) is 37.9 Å². The highest BCUT2D eigenvalue weighted by Gasteiger charge is 2.12. The van der Waals surface area contributed by atoms with Crippen molar-refractivity contribution in [3.8, 4) is 0 Å². The Balaban J connectivity index is 2.22. The molecule has 1 aromatic heterocycles. The third-order valence-corrected chi connectivity index (χ3v) is 3.94. The first kappa shape index (κ1) is 14.7. The molecule has 0 radical (unpaired) electrons. The van der Waals surface area contributed by atoms with Crippen LogP contribution >= 0.6 is 31.9 Å². The summed E-state index contributed by atoms with van der Waals surface area (Å²) in [6, 6.07) is 10.8. The number of benzene rings is 1. The van der Waals surface area contributed by atoms with E-state index >= 15 is 0 Å². The fraction of sp³-hybridized carbons (Fsp3) is 0.267. The average Bonchev–Trinajstić information content (AvgIpc) is 2.37. The lowest BCUT2D eigenvalue weighted by Gasteiger charge is -2.17. The molecule has 2 nitrogen and oxygen atoms in total. The molecule has 0 aliphatic carbocycles. The van der Waals surface area contributed by atoms with Gasteiger partial charge in [0, 0.05) is 33.3 Å². The molecule has 1 unspecified atom stereocenters. The van der Waals surface area contributed by atoms with Crippen molar-refractivity contribution in [2.75, 3.05) is 7.05 Å². The standard InChI is InChI=1S/C15H16Br2N2/c1-10-3-4-14(19-9-10)8-15(18-2)11-5-12(16)7-13(17)6-11/h3-7,9,15,18H,8H2,1-2H3. The van der Waals surface area contributed by atoms with Crippen molar-refractivity contribution < 1.29 is 0 Å². The largest absolute Gasteiger partial charge is 0.313 e. The van der Waals surface area contributed by atoms with E-state index < -0.39 is 0 Å². The molecule has 0 saturated heterocycles. The molecule has 1 N–H and O–H groups in total. The fourth-order valence-electron chi connectivity index (χ4n) is 1.99. The maximum Gasteiger partial charge on any atom is 0.0422 e. The zero-order chi connectivity index (χ0) is 13.8. The Morgan fingerprint density at radius 2 is 1.84 bits per heavy atom. The van der Waals surface area contributed by atoms with E-state index in [0.29, 0.717) is 0 Å². The van der Waals surface area contributed by atoms with Gasteiger partial charge in [0.2, 0.25) is 0 Å². The van der Waals surface area contributed by atoms with Crippen LogP contribution in [0.3, 0.4) is 0 Å². The van der Waals surface area contributed by atoms with Gasteiger partial charge in [0.25, 0.3) is 0 Å². The zero-order valence-electron chi connectivity index (χ0n) is 11.0. The summed E-state index contributed by atoms with van der Waals surface area (Å²) in [5.74, 6) is 0. The molecule has 2 rings (SSSR count). The zero-order valence-corrected chi connectivity index (χ0v) is 14.1. The predicted octanol–water partition coefficient (Wildman–Crippen LogP) is 4.42. The van der Waals surface area contributed by atoms with E-state index in [2.05, 4.69) is 73.3 Å². The lowest BCUT2D eigenvalue weighted by molar-refractivity contribution is 0.584. The SMILES string of the molecule is CNC(Cc1ccc(C)cn1)c1cc(Br)cc(Br)c1. The molecule has 0 fully saturated rings. The first-order valence-corrected chi connectivity index (χ1v) is 7.72. The van der Waals surface area contributed by atoms with Crippen molar-refractivity contribution in [2.45, 2.75) is 19.4 Å². The van der Waals surface area contributed by atoms with E-state index in [-0.39, 0.29) is 6.04 Å². The van der Waals surface area contributed by atoms with Crippen LogP contribution in [-0.4, -0.2) is 12.0 Å². The molecule has 2 aromatic rings. The molecule has 100 valence electrons. The Bertz CT molecular complexity index is 532. The number of aromatic nitrogens is 1. The Kier molecular flexibility index (Phi) is 5.13. The Labute approximate surface area is 130 Å². The van der Waals surface area contributed by atoms with Crippen LogP contribution in [0, 0.1) is 6.92 Å². The van der Waals surface area contributed by atoms with Crippen LogP contribution in [0.4, 0.5) is 0 Å². The number of pyridine rings is 1. The second-order valence-electron chi connectivity index (χ2n) is 4.58.